The molecule has 0 fully saturated rings. The van der Waals surface area contributed by atoms with Crippen LogP contribution in [0.15, 0.2) is 0 Å². The molecule has 0 saturated carbocycles. The lowest BCUT2D eigenvalue weighted by Gasteiger charge is -1.85. The molecule has 0 bridgehead atoms. The molecule has 17 heavy (non-hydrogen) atoms. The summed E-state index contributed by atoms with van der Waals surface area (Å²) in [6.45, 7) is 2.44. The van der Waals surface area contributed by atoms with Gasteiger partial charge in [-0.15, -0.1) is 0 Å². The molecule has 0 aromatic rings. The molecule has 0 aromatic heterocycles. The molecule has 0 radical (unpaired) electrons. The van der Waals surface area contributed by atoms with E-state index in [1.165, 1.54) is 14.0 Å². The van der Waals surface area contributed by atoms with Crippen molar-refractivity contribution in [2.45, 2.75) is 26.7 Å². The van der Waals surface area contributed by atoms with Crippen molar-refractivity contribution in [3.8, 4) is 0 Å². The fraction of sp³-hybridized carbons (Fsp3) is 0.556. The summed E-state index contributed by atoms with van der Waals surface area (Å²) in [7, 11) is 1.35. The van der Waals surface area contributed by atoms with E-state index in [-0.39, 0.29) is 18.8 Å². The van der Waals surface area contributed by atoms with Gasteiger partial charge in [0.15, 0.2) is 0 Å². The Morgan fingerprint density at radius 2 is 1.06 bits per heavy atom. The van der Waals surface area contributed by atoms with Crippen LogP contribution >= 0.6 is 0 Å². The first-order chi connectivity index (χ1) is 7.63. The van der Waals surface area contributed by atoms with Crippen LogP contribution in [0.2, 0.25) is 0 Å². The van der Waals surface area contributed by atoms with Gasteiger partial charge in [-0.2, -0.15) is 0 Å². The van der Waals surface area contributed by atoms with Crippen molar-refractivity contribution in [1.82, 2.24) is 0 Å². The number of hydrogen-bond acceptors (Lipinski definition) is 5. The lowest BCUT2D eigenvalue weighted by atomic mass is 10.3. The van der Waals surface area contributed by atoms with Crippen molar-refractivity contribution in [2.75, 3.05) is 7.11 Å². The van der Waals surface area contributed by atoms with Gasteiger partial charge in [0, 0.05) is 13.8 Å². The smallest absolute Gasteiger partial charge is 0.303 e. The quantitative estimate of drug-likeness (QED) is 0.605. The first-order valence-corrected chi connectivity index (χ1v) is 4.31. The maximum Gasteiger partial charge on any atom is 0.303 e. The Balaban J connectivity index is -0.000000188. The average Bonchev–Trinajstić information content (AvgIpc) is 2.14. The normalized spacial score (nSPS) is 7.47. The molecule has 0 amide bonds. The zero-order chi connectivity index (χ0) is 14.4. The molecule has 0 aliphatic rings. The van der Waals surface area contributed by atoms with Gasteiger partial charge in [-0.05, 0) is 0 Å². The van der Waals surface area contributed by atoms with E-state index in [9.17, 15) is 14.4 Å². The highest BCUT2D eigenvalue weighted by Gasteiger charge is 2.00. The summed E-state index contributed by atoms with van der Waals surface area (Å²) in [6.07, 6.45) is -0.593. The Morgan fingerprint density at radius 1 is 0.882 bits per heavy atom. The molecule has 0 atom stereocenters. The summed E-state index contributed by atoms with van der Waals surface area (Å²) in [4.78, 5) is 37.9. The van der Waals surface area contributed by atoms with Gasteiger partial charge in [0.25, 0.3) is 5.97 Å². The molecule has 3 N–H and O–H groups in total. The lowest BCUT2D eigenvalue weighted by molar-refractivity contribution is -0.143. The van der Waals surface area contributed by atoms with Crippen LogP contribution in [-0.2, 0) is 23.9 Å². The Bertz CT molecular complexity index is 240. The molecule has 8 nitrogen and oxygen atoms in total. The van der Waals surface area contributed by atoms with Gasteiger partial charge in [0.05, 0.1) is 20.0 Å². The van der Waals surface area contributed by atoms with E-state index in [0.29, 0.717) is 0 Å². The molecular weight excluding hydrogens is 236 g/mol. The predicted molar refractivity (Wildman–Crippen MR) is 55.5 cm³/mol. The van der Waals surface area contributed by atoms with Crippen LogP contribution in [0.5, 0.6) is 0 Å². The second kappa shape index (κ2) is 13.9. The second-order valence-electron chi connectivity index (χ2n) is 2.50. The summed E-state index contributed by atoms with van der Waals surface area (Å²) >= 11 is 0. The van der Waals surface area contributed by atoms with Gasteiger partial charge < -0.3 is 20.1 Å². The highest BCUT2D eigenvalue weighted by atomic mass is 16.5. The molecule has 100 valence electrons. The summed E-state index contributed by atoms with van der Waals surface area (Å²) in [5.41, 5.74) is 0. The van der Waals surface area contributed by atoms with Crippen LogP contribution in [0.4, 0.5) is 0 Å². The van der Waals surface area contributed by atoms with Crippen molar-refractivity contribution in [3.63, 3.8) is 0 Å². The standard InChI is InChI=1S/C4H6O4.C3H6O2.C2H4O2/c5-3(6)1-2-4(7)8;1-3(4)5-2;1-2(3)4/h1-2H2,(H,5,6)(H,7,8);1-2H3;1H3,(H,3,4). The monoisotopic (exact) mass is 252 g/mol. The molecule has 8 heteroatoms. The number of hydrogen-bond donors (Lipinski definition) is 3. The number of methoxy groups -OCH3 is 1. The van der Waals surface area contributed by atoms with E-state index in [1.807, 2.05) is 0 Å². The van der Waals surface area contributed by atoms with E-state index in [2.05, 4.69) is 4.74 Å². The summed E-state index contributed by atoms with van der Waals surface area (Å²) < 4.78 is 4.11. The first-order valence-electron chi connectivity index (χ1n) is 4.31. The Labute approximate surface area is 97.8 Å². The zero-order valence-electron chi connectivity index (χ0n) is 9.80. The number of aliphatic carboxylic acids is 3. The third-order valence-corrected chi connectivity index (χ3v) is 0.840. The SMILES string of the molecule is CC(=O)O.COC(C)=O.O=C(O)CCC(=O)O. The van der Waals surface area contributed by atoms with Gasteiger partial charge >= 0.3 is 17.9 Å². The fourth-order valence-corrected chi connectivity index (χ4v) is 0.214. The number of rotatable bonds is 3. The minimum absolute atomic E-state index is 0.245. The number of esters is 1. The van der Waals surface area contributed by atoms with Crippen LogP contribution in [0.3, 0.4) is 0 Å². The minimum Gasteiger partial charge on any atom is -0.481 e. The molecule has 0 heterocycles. The molecule has 0 aromatic carbocycles. The van der Waals surface area contributed by atoms with E-state index in [1.54, 1.807) is 0 Å². The number of carbonyl (C=O) groups is 4. The summed E-state index contributed by atoms with van der Waals surface area (Å²) in [5, 5.41) is 23.2. The van der Waals surface area contributed by atoms with Gasteiger partial charge in [0.2, 0.25) is 0 Å². The highest BCUT2D eigenvalue weighted by Crippen LogP contribution is 1.86. The average molecular weight is 252 g/mol. The Kier molecular flexibility index (Phi) is 16.6. The molecule has 0 aliphatic carbocycles. The van der Waals surface area contributed by atoms with Crippen molar-refractivity contribution < 1.29 is 39.2 Å². The van der Waals surface area contributed by atoms with E-state index < -0.39 is 17.9 Å². The largest absolute Gasteiger partial charge is 0.481 e. The third-order valence-electron chi connectivity index (χ3n) is 0.840. The summed E-state index contributed by atoms with van der Waals surface area (Å²) in [5.74, 6) is -3.23. The predicted octanol–water partition coefficient (Wildman–Crippen LogP) is 0.206. The zero-order valence-corrected chi connectivity index (χ0v) is 9.80. The maximum atomic E-state index is 9.64. The third kappa shape index (κ3) is 82.3. The van der Waals surface area contributed by atoms with Crippen LogP contribution < -0.4 is 0 Å². The summed E-state index contributed by atoms with van der Waals surface area (Å²) in [6, 6.07) is 0. The molecule has 0 aliphatic heterocycles. The van der Waals surface area contributed by atoms with Crippen molar-refractivity contribution in [2.24, 2.45) is 0 Å². The van der Waals surface area contributed by atoms with Gasteiger partial charge in [-0.1, -0.05) is 0 Å². The van der Waals surface area contributed by atoms with E-state index >= 15 is 0 Å². The lowest BCUT2D eigenvalue weighted by Crippen LogP contribution is -2.00. The molecule has 0 unspecified atom stereocenters. The van der Waals surface area contributed by atoms with Crippen LogP contribution in [0.25, 0.3) is 0 Å². The molecule has 0 saturated heterocycles. The van der Waals surface area contributed by atoms with Crippen molar-refractivity contribution in [3.05, 3.63) is 0 Å². The van der Waals surface area contributed by atoms with Gasteiger partial charge in [-0.3, -0.25) is 19.2 Å². The van der Waals surface area contributed by atoms with Crippen LogP contribution in [-0.4, -0.2) is 46.3 Å². The maximum absolute atomic E-state index is 9.64. The molecule has 0 rings (SSSR count). The van der Waals surface area contributed by atoms with E-state index in [4.69, 9.17) is 20.1 Å². The first kappa shape index (κ1) is 20.3. The van der Waals surface area contributed by atoms with Crippen LogP contribution in [0, 0.1) is 0 Å². The van der Waals surface area contributed by atoms with Gasteiger partial charge in [-0.25, -0.2) is 0 Å². The van der Waals surface area contributed by atoms with Crippen LogP contribution in [0.1, 0.15) is 26.7 Å². The topological polar surface area (TPSA) is 138 Å². The number of carboxylic acid groups (broad SMARTS) is 3. The highest BCUT2D eigenvalue weighted by molar-refractivity contribution is 5.75. The number of carboxylic acids is 3. The van der Waals surface area contributed by atoms with Crippen molar-refractivity contribution >= 4 is 23.9 Å². The second-order valence-corrected chi connectivity index (χ2v) is 2.50. The van der Waals surface area contributed by atoms with E-state index in [0.717, 1.165) is 6.92 Å². The minimum atomic E-state index is -1.08. The Hall–Kier alpha value is -2.12. The molecular formula is C9H16O8. The fourth-order valence-electron chi connectivity index (χ4n) is 0.214. The van der Waals surface area contributed by atoms with Gasteiger partial charge in [0.1, 0.15) is 0 Å². The molecule has 0 spiro atoms. The van der Waals surface area contributed by atoms with Crippen molar-refractivity contribution in [1.29, 1.82) is 0 Å². The number of carbonyl (C=O) groups excluding carboxylic acids is 1. The number of ether oxygens (including phenoxy) is 1. The Morgan fingerprint density at radius 3 is 1.12 bits per heavy atom.